The lowest BCUT2D eigenvalue weighted by Crippen LogP contribution is -2.19. The normalized spacial score (nSPS) is 16.2. The molecule has 1 heterocycles. The molecule has 0 saturated heterocycles. The van der Waals surface area contributed by atoms with Gasteiger partial charge in [0.15, 0.2) is 0 Å². The molecule has 3 rings (SSSR count). The molecule has 3 heteroatoms. The maximum Gasteiger partial charge on any atom is 0.0587 e. The van der Waals surface area contributed by atoms with Crippen molar-refractivity contribution in [3.05, 3.63) is 36.0 Å². The molecule has 0 radical (unpaired) electrons. The summed E-state index contributed by atoms with van der Waals surface area (Å²) in [6, 6.07) is 9.58. The summed E-state index contributed by atoms with van der Waals surface area (Å²) in [5.74, 6) is 0. The van der Waals surface area contributed by atoms with Crippen molar-refractivity contribution in [2.75, 3.05) is 20.3 Å². The van der Waals surface area contributed by atoms with Gasteiger partial charge in [0, 0.05) is 32.4 Å². The molecule has 0 amide bonds. The minimum atomic E-state index is 0.702. The fraction of sp³-hybridized carbons (Fsp3) is 0.529. The molecule has 0 aliphatic heterocycles. The van der Waals surface area contributed by atoms with Crippen LogP contribution in [-0.2, 0) is 11.3 Å². The molecule has 1 aromatic heterocycles. The number of para-hydroxylation sites is 1. The van der Waals surface area contributed by atoms with Crippen molar-refractivity contribution in [1.29, 1.82) is 0 Å². The van der Waals surface area contributed by atoms with Crippen molar-refractivity contribution in [2.24, 2.45) is 0 Å². The Labute approximate surface area is 120 Å². The monoisotopic (exact) mass is 272 g/mol. The van der Waals surface area contributed by atoms with Crippen LogP contribution in [0.1, 0.15) is 37.3 Å². The summed E-state index contributed by atoms with van der Waals surface area (Å²) in [4.78, 5) is 0. The first-order valence-corrected chi connectivity index (χ1v) is 7.68. The molecule has 0 atom stereocenters. The van der Waals surface area contributed by atoms with E-state index in [2.05, 4.69) is 40.3 Å². The van der Waals surface area contributed by atoms with E-state index in [0.29, 0.717) is 6.04 Å². The van der Waals surface area contributed by atoms with Crippen LogP contribution in [0.4, 0.5) is 0 Å². The number of hydrogen-bond acceptors (Lipinski definition) is 2. The van der Waals surface area contributed by atoms with Crippen LogP contribution in [0.2, 0.25) is 0 Å². The Bertz CT molecular complexity index is 555. The zero-order chi connectivity index (χ0) is 13.8. The van der Waals surface area contributed by atoms with Gasteiger partial charge in [0.25, 0.3) is 0 Å². The van der Waals surface area contributed by atoms with Gasteiger partial charge in [0.2, 0.25) is 0 Å². The highest BCUT2D eigenvalue weighted by molar-refractivity contribution is 5.83. The number of rotatable bonds is 6. The maximum absolute atomic E-state index is 5.09. The Morgan fingerprint density at radius 1 is 1.25 bits per heavy atom. The molecule has 0 unspecified atom stereocenters. The van der Waals surface area contributed by atoms with Gasteiger partial charge in [-0.1, -0.05) is 31.0 Å². The number of hydrogen-bond donors (Lipinski definition) is 1. The number of fused-ring (bicyclic) bond motifs is 1. The SMILES string of the molecule is COCCNCc1cccc2ccn(C3CCCC3)c12. The molecule has 0 spiro atoms. The van der Waals surface area contributed by atoms with E-state index in [1.807, 2.05) is 0 Å². The van der Waals surface area contributed by atoms with Crippen molar-refractivity contribution < 1.29 is 4.74 Å². The number of aromatic nitrogens is 1. The van der Waals surface area contributed by atoms with Gasteiger partial charge in [-0.15, -0.1) is 0 Å². The summed E-state index contributed by atoms with van der Waals surface area (Å²) in [6.07, 6.45) is 7.68. The van der Waals surface area contributed by atoms with Gasteiger partial charge in [-0.05, 0) is 29.9 Å². The van der Waals surface area contributed by atoms with Crippen molar-refractivity contribution in [1.82, 2.24) is 9.88 Å². The Morgan fingerprint density at radius 2 is 2.10 bits per heavy atom. The average molecular weight is 272 g/mol. The minimum absolute atomic E-state index is 0.702. The molecule has 1 fully saturated rings. The first-order chi connectivity index (χ1) is 9.90. The van der Waals surface area contributed by atoms with Gasteiger partial charge < -0.3 is 14.6 Å². The molecule has 0 bridgehead atoms. The van der Waals surface area contributed by atoms with E-state index in [1.54, 1.807) is 7.11 Å². The Kier molecular flexibility index (Phi) is 4.38. The Balaban J connectivity index is 1.84. The van der Waals surface area contributed by atoms with Gasteiger partial charge in [0.1, 0.15) is 0 Å². The van der Waals surface area contributed by atoms with Gasteiger partial charge in [-0.3, -0.25) is 0 Å². The van der Waals surface area contributed by atoms with Gasteiger partial charge in [-0.2, -0.15) is 0 Å². The first-order valence-electron chi connectivity index (χ1n) is 7.68. The van der Waals surface area contributed by atoms with Gasteiger partial charge >= 0.3 is 0 Å². The number of nitrogens with zero attached hydrogens (tertiary/aromatic N) is 1. The summed E-state index contributed by atoms with van der Waals surface area (Å²) in [6.45, 7) is 2.58. The number of methoxy groups -OCH3 is 1. The molecular formula is C17H24N2O. The predicted molar refractivity (Wildman–Crippen MR) is 83.0 cm³/mol. The van der Waals surface area contributed by atoms with Crippen molar-refractivity contribution in [3.63, 3.8) is 0 Å². The number of ether oxygens (including phenoxy) is 1. The van der Waals surface area contributed by atoms with Crippen molar-refractivity contribution in [2.45, 2.75) is 38.3 Å². The molecule has 2 aromatic rings. The van der Waals surface area contributed by atoms with Crippen LogP contribution < -0.4 is 5.32 Å². The lowest BCUT2D eigenvalue weighted by molar-refractivity contribution is 0.199. The second-order valence-corrected chi connectivity index (χ2v) is 5.69. The van der Waals surface area contributed by atoms with E-state index in [9.17, 15) is 0 Å². The summed E-state index contributed by atoms with van der Waals surface area (Å²) in [7, 11) is 1.74. The molecule has 1 aliphatic rings. The van der Waals surface area contributed by atoms with Crippen LogP contribution in [0.5, 0.6) is 0 Å². The highest BCUT2D eigenvalue weighted by Crippen LogP contribution is 2.33. The van der Waals surface area contributed by atoms with E-state index >= 15 is 0 Å². The van der Waals surface area contributed by atoms with Gasteiger partial charge in [-0.25, -0.2) is 0 Å². The number of nitrogens with one attached hydrogen (secondary N) is 1. The number of benzene rings is 1. The Hall–Kier alpha value is -1.32. The zero-order valence-corrected chi connectivity index (χ0v) is 12.3. The fourth-order valence-electron chi connectivity index (χ4n) is 3.32. The van der Waals surface area contributed by atoms with Crippen LogP contribution in [0, 0.1) is 0 Å². The molecule has 1 N–H and O–H groups in total. The van der Waals surface area contributed by atoms with E-state index < -0.39 is 0 Å². The van der Waals surface area contributed by atoms with Crippen molar-refractivity contribution >= 4 is 10.9 Å². The standard InChI is InChI=1S/C17H24N2O/c1-20-12-10-18-13-15-6-4-5-14-9-11-19(17(14)15)16-7-2-3-8-16/h4-6,9,11,16,18H,2-3,7-8,10,12-13H2,1H3. The molecule has 108 valence electrons. The van der Waals surface area contributed by atoms with Crippen LogP contribution in [0.15, 0.2) is 30.5 Å². The van der Waals surface area contributed by atoms with Crippen LogP contribution in [-0.4, -0.2) is 24.8 Å². The van der Waals surface area contributed by atoms with Crippen LogP contribution in [0.25, 0.3) is 10.9 Å². The lowest BCUT2D eigenvalue weighted by Gasteiger charge is -2.16. The quantitative estimate of drug-likeness (QED) is 0.815. The minimum Gasteiger partial charge on any atom is -0.383 e. The topological polar surface area (TPSA) is 26.2 Å². The highest BCUT2D eigenvalue weighted by atomic mass is 16.5. The second-order valence-electron chi connectivity index (χ2n) is 5.69. The lowest BCUT2D eigenvalue weighted by atomic mass is 10.1. The molecular weight excluding hydrogens is 248 g/mol. The summed E-state index contributed by atoms with van der Waals surface area (Å²) < 4.78 is 7.60. The van der Waals surface area contributed by atoms with Crippen LogP contribution in [0.3, 0.4) is 0 Å². The zero-order valence-electron chi connectivity index (χ0n) is 12.3. The molecule has 3 nitrogen and oxygen atoms in total. The molecule has 1 saturated carbocycles. The molecule has 20 heavy (non-hydrogen) atoms. The average Bonchev–Trinajstić information content (AvgIpc) is 3.12. The first kappa shape index (κ1) is 13.7. The third kappa shape index (κ3) is 2.74. The van der Waals surface area contributed by atoms with E-state index in [4.69, 9.17) is 4.74 Å². The summed E-state index contributed by atoms with van der Waals surface area (Å²) >= 11 is 0. The molecule has 1 aromatic carbocycles. The van der Waals surface area contributed by atoms with Crippen molar-refractivity contribution in [3.8, 4) is 0 Å². The smallest absolute Gasteiger partial charge is 0.0587 e. The fourth-order valence-corrected chi connectivity index (χ4v) is 3.32. The third-order valence-electron chi connectivity index (χ3n) is 4.34. The van der Waals surface area contributed by atoms with E-state index in [0.717, 1.165) is 19.7 Å². The van der Waals surface area contributed by atoms with Gasteiger partial charge in [0.05, 0.1) is 12.1 Å². The maximum atomic E-state index is 5.09. The molecule has 1 aliphatic carbocycles. The van der Waals surface area contributed by atoms with E-state index in [1.165, 1.54) is 42.1 Å². The second kappa shape index (κ2) is 6.42. The Morgan fingerprint density at radius 3 is 2.90 bits per heavy atom. The predicted octanol–water partition coefficient (Wildman–Crippen LogP) is 3.49. The van der Waals surface area contributed by atoms with E-state index in [-0.39, 0.29) is 0 Å². The third-order valence-corrected chi connectivity index (χ3v) is 4.34. The largest absolute Gasteiger partial charge is 0.383 e. The van der Waals surface area contributed by atoms with Crippen LogP contribution >= 0.6 is 0 Å². The highest BCUT2D eigenvalue weighted by Gasteiger charge is 2.19. The summed E-state index contributed by atoms with van der Waals surface area (Å²) in [5.41, 5.74) is 2.82. The summed E-state index contributed by atoms with van der Waals surface area (Å²) in [5, 5.41) is 4.83.